The Kier molecular flexibility index (Phi) is 4.57. The van der Waals surface area contributed by atoms with Crippen LogP contribution in [0.25, 0.3) is 22.3 Å². The van der Waals surface area contributed by atoms with Gasteiger partial charge in [-0.15, -0.1) is 11.3 Å². The molecular formula is C19H16N4O3S. The molecule has 7 nitrogen and oxygen atoms in total. The van der Waals surface area contributed by atoms with Crippen molar-refractivity contribution >= 4 is 33.4 Å². The van der Waals surface area contributed by atoms with Crippen LogP contribution in [0.2, 0.25) is 0 Å². The Bertz CT molecular complexity index is 1100. The molecule has 1 unspecified atom stereocenters. The number of aliphatic hydroxyl groups is 1. The zero-order valence-electron chi connectivity index (χ0n) is 14.3. The van der Waals surface area contributed by atoms with Crippen LogP contribution >= 0.6 is 11.3 Å². The van der Waals surface area contributed by atoms with Crippen molar-refractivity contribution in [2.45, 2.75) is 6.10 Å². The third kappa shape index (κ3) is 3.40. The number of ether oxygens (including phenoxy) is 1. The lowest BCUT2D eigenvalue weighted by atomic mass is 10.1. The van der Waals surface area contributed by atoms with Crippen molar-refractivity contribution in [3.63, 3.8) is 0 Å². The monoisotopic (exact) mass is 380 g/mol. The van der Waals surface area contributed by atoms with Crippen LogP contribution in [0.15, 0.2) is 54.2 Å². The molecule has 0 aliphatic heterocycles. The molecule has 1 amide bonds. The highest BCUT2D eigenvalue weighted by Crippen LogP contribution is 2.30. The second kappa shape index (κ2) is 7.18. The highest BCUT2D eigenvalue weighted by molar-refractivity contribution is 7.14. The van der Waals surface area contributed by atoms with Gasteiger partial charge in [-0.3, -0.25) is 10.1 Å². The number of methoxy groups -OCH3 is 1. The number of rotatable bonds is 5. The van der Waals surface area contributed by atoms with Crippen LogP contribution in [0.3, 0.4) is 0 Å². The Morgan fingerprint density at radius 2 is 2.22 bits per heavy atom. The largest absolute Gasteiger partial charge is 0.497 e. The number of nitrogens with zero attached hydrogens (tertiary/aromatic N) is 2. The first-order valence-corrected chi connectivity index (χ1v) is 9.04. The van der Waals surface area contributed by atoms with Gasteiger partial charge < -0.3 is 14.8 Å². The van der Waals surface area contributed by atoms with Gasteiger partial charge in [0.1, 0.15) is 11.4 Å². The van der Waals surface area contributed by atoms with E-state index in [2.05, 4.69) is 20.3 Å². The molecule has 3 N–H and O–H groups in total. The number of aromatic nitrogens is 3. The molecule has 3 aromatic heterocycles. The molecule has 0 saturated heterocycles. The molecule has 1 aromatic carbocycles. The van der Waals surface area contributed by atoms with Gasteiger partial charge in [0.15, 0.2) is 11.2 Å². The number of hydrogen-bond acceptors (Lipinski definition) is 6. The number of carbonyl (C=O) groups excluding carboxylic acids is 1. The Morgan fingerprint density at radius 1 is 1.33 bits per heavy atom. The van der Waals surface area contributed by atoms with Crippen LogP contribution in [0.1, 0.15) is 11.7 Å². The molecule has 0 radical (unpaired) electrons. The average Bonchev–Trinajstić information content (AvgIpc) is 3.34. The number of thiazole rings is 1. The van der Waals surface area contributed by atoms with Crippen molar-refractivity contribution in [2.75, 3.05) is 12.4 Å². The number of anilines is 1. The van der Waals surface area contributed by atoms with Crippen molar-refractivity contribution in [1.29, 1.82) is 0 Å². The molecule has 3 heterocycles. The van der Waals surface area contributed by atoms with Gasteiger partial charge in [-0.1, -0.05) is 12.1 Å². The first kappa shape index (κ1) is 17.2. The molecule has 4 aromatic rings. The fourth-order valence-electron chi connectivity index (χ4n) is 2.76. The van der Waals surface area contributed by atoms with Gasteiger partial charge in [0.05, 0.1) is 12.8 Å². The van der Waals surface area contributed by atoms with E-state index in [4.69, 9.17) is 4.74 Å². The second-order valence-electron chi connectivity index (χ2n) is 5.81. The van der Waals surface area contributed by atoms with Crippen LogP contribution in [-0.4, -0.2) is 33.1 Å². The molecule has 27 heavy (non-hydrogen) atoms. The summed E-state index contributed by atoms with van der Waals surface area (Å²) in [7, 11) is 1.53. The minimum Gasteiger partial charge on any atom is -0.497 e. The van der Waals surface area contributed by atoms with Crippen molar-refractivity contribution in [3.8, 4) is 17.0 Å². The van der Waals surface area contributed by atoms with Gasteiger partial charge >= 0.3 is 0 Å². The van der Waals surface area contributed by atoms with E-state index in [9.17, 15) is 9.90 Å². The van der Waals surface area contributed by atoms with Crippen LogP contribution < -0.4 is 10.1 Å². The first-order chi connectivity index (χ1) is 13.2. The molecule has 1 atom stereocenters. The predicted molar refractivity (Wildman–Crippen MR) is 104 cm³/mol. The van der Waals surface area contributed by atoms with Gasteiger partial charge in [-0.2, -0.15) is 0 Å². The fourth-order valence-corrected chi connectivity index (χ4v) is 3.47. The van der Waals surface area contributed by atoms with E-state index < -0.39 is 12.0 Å². The summed E-state index contributed by atoms with van der Waals surface area (Å²) in [5.74, 6) is 0.0218. The summed E-state index contributed by atoms with van der Waals surface area (Å²) in [5, 5.41) is 16.2. The molecule has 8 heteroatoms. The summed E-state index contributed by atoms with van der Waals surface area (Å²) < 4.78 is 5.12. The molecular weight excluding hydrogens is 364 g/mol. The number of carbonyl (C=O) groups is 1. The lowest BCUT2D eigenvalue weighted by Gasteiger charge is -2.11. The zero-order chi connectivity index (χ0) is 18.8. The standard InChI is InChI=1S/C19H16N4O3S/c1-26-12-5-2-4-11(8-12)16(24)18(25)23-19-22-15(10-27-19)14-9-21-17-13(14)6-3-7-20-17/h2-10,16,24H,1H3,(H,20,21)(H,22,23,25). The number of aromatic amines is 1. The Labute approximate surface area is 158 Å². The molecule has 0 saturated carbocycles. The Hall–Kier alpha value is -3.23. The smallest absolute Gasteiger partial charge is 0.259 e. The first-order valence-electron chi connectivity index (χ1n) is 8.16. The molecule has 0 aliphatic rings. The number of hydrogen-bond donors (Lipinski definition) is 3. The molecule has 136 valence electrons. The maximum absolute atomic E-state index is 12.4. The molecule has 0 aliphatic carbocycles. The summed E-state index contributed by atoms with van der Waals surface area (Å²) in [5.41, 5.74) is 2.86. The Morgan fingerprint density at radius 3 is 3.07 bits per heavy atom. The van der Waals surface area contributed by atoms with Crippen molar-refractivity contribution in [3.05, 3.63) is 59.7 Å². The quantitative estimate of drug-likeness (QED) is 0.493. The topological polar surface area (TPSA) is 100 Å². The van der Waals surface area contributed by atoms with Crippen molar-refractivity contribution in [2.24, 2.45) is 0 Å². The maximum Gasteiger partial charge on any atom is 0.259 e. The van der Waals surface area contributed by atoms with E-state index >= 15 is 0 Å². The van der Waals surface area contributed by atoms with Crippen LogP contribution in [-0.2, 0) is 4.79 Å². The number of aliphatic hydroxyl groups excluding tert-OH is 1. The van der Waals surface area contributed by atoms with Gasteiger partial charge in [-0.25, -0.2) is 9.97 Å². The number of pyridine rings is 1. The minimum atomic E-state index is -1.32. The SMILES string of the molecule is COc1cccc(C(O)C(=O)Nc2nc(-c3c[nH]c4ncccc34)cs2)c1. The van der Waals surface area contributed by atoms with Crippen molar-refractivity contribution in [1.82, 2.24) is 15.0 Å². The van der Waals surface area contributed by atoms with E-state index in [0.29, 0.717) is 16.4 Å². The van der Waals surface area contributed by atoms with Crippen molar-refractivity contribution < 1.29 is 14.6 Å². The van der Waals surface area contributed by atoms with Gasteiger partial charge in [-0.05, 0) is 29.8 Å². The lowest BCUT2D eigenvalue weighted by molar-refractivity contribution is -0.124. The summed E-state index contributed by atoms with van der Waals surface area (Å²) in [6, 6.07) is 10.6. The number of benzene rings is 1. The number of H-pyrrole nitrogens is 1. The molecule has 0 fully saturated rings. The molecule has 0 spiro atoms. The van der Waals surface area contributed by atoms with E-state index in [1.54, 1.807) is 30.5 Å². The summed E-state index contributed by atoms with van der Waals surface area (Å²) >= 11 is 1.29. The normalized spacial score (nSPS) is 12.1. The summed E-state index contributed by atoms with van der Waals surface area (Å²) in [6.07, 6.45) is 2.24. The zero-order valence-corrected chi connectivity index (χ0v) is 15.2. The minimum absolute atomic E-state index is 0.412. The van der Waals surface area contributed by atoms with Crippen LogP contribution in [0.5, 0.6) is 5.75 Å². The summed E-state index contributed by atoms with van der Waals surface area (Å²) in [4.78, 5) is 24.2. The van der Waals surface area contributed by atoms with E-state index in [1.165, 1.54) is 18.4 Å². The lowest BCUT2D eigenvalue weighted by Crippen LogP contribution is -2.20. The third-order valence-electron chi connectivity index (χ3n) is 4.12. The second-order valence-corrected chi connectivity index (χ2v) is 6.67. The van der Waals surface area contributed by atoms with Gasteiger partial charge in [0.2, 0.25) is 0 Å². The predicted octanol–water partition coefficient (Wildman–Crippen LogP) is 3.37. The highest BCUT2D eigenvalue weighted by Gasteiger charge is 2.20. The summed E-state index contributed by atoms with van der Waals surface area (Å²) in [6.45, 7) is 0. The highest BCUT2D eigenvalue weighted by atomic mass is 32.1. The van der Waals surface area contributed by atoms with E-state index in [-0.39, 0.29) is 0 Å². The molecule has 4 rings (SSSR count). The number of nitrogens with one attached hydrogen (secondary N) is 2. The fraction of sp³-hybridized carbons (Fsp3) is 0.105. The average molecular weight is 380 g/mol. The maximum atomic E-state index is 12.4. The Balaban J connectivity index is 1.52. The van der Waals surface area contributed by atoms with E-state index in [1.807, 2.05) is 23.7 Å². The van der Waals surface area contributed by atoms with E-state index in [0.717, 1.165) is 22.3 Å². The van der Waals surface area contributed by atoms with Gasteiger partial charge in [0, 0.05) is 28.7 Å². The van der Waals surface area contributed by atoms with Crippen LogP contribution in [0.4, 0.5) is 5.13 Å². The number of fused-ring (bicyclic) bond motifs is 1. The van der Waals surface area contributed by atoms with Crippen LogP contribution in [0, 0.1) is 0 Å². The number of amides is 1. The molecule has 0 bridgehead atoms. The third-order valence-corrected chi connectivity index (χ3v) is 4.88. The van der Waals surface area contributed by atoms with Gasteiger partial charge in [0.25, 0.3) is 5.91 Å².